The smallest absolute Gasteiger partial charge is 0.233 e. The normalized spacial score (nSPS) is 11.9. The van der Waals surface area contributed by atoms with Crippen LogP contribution in [0.1, 0.15) is 29.4 Å². The largest absolute Gasteiger partial charge is 0.351 e. The van der Waals surface area contributed by atoms with Gasteiger partial charge in [-0.3, -0.25) is 4.79 Å². The number of hydrogen-bond donors (Lipinski definition) is 2. The van der Waals surface area contributed by atoms with E-state index in [4.69, 9.17) is 0 Å². The molecule has 0 fully saturated rings. The SMILES string of the molecule is Cc1[nH]c(SC(C)C(=O)NCc2ccccc2)nc1Cc1ccccc1. The lowest BCUT2D eigenvalue weighted by atomic mass is 10.1. The maximum absolute atomic E-state index is 12.3. The molecule has 0 saturated heterocycles. The van der Waals surface area contributed by atoms with E-state index in [1.54, 1.807) is 0 Å². The van der Waals surface area contributed by atoms with E-state index in [0.717, 1.165) is 28.5 Å². The highest BCUT2D eigenvalue weighted by Gasteiger charge is 2.17. The van der Waals surface area contributed by atoms with Crippen LogP contribution in [0.4, 0.5) is 0 Å². The van der Waals surface area contributed by atoms with Crippen LogP contribution in [0.25, 0.3) is 0 Å². The van der Waals surface area contributed by atoms with Crippen molar-refractivity contribution in [1.82, 2.24) is 15.3 Å². The summed E-state index contributed by atoms with van der Waals surface area (Å²) >= 11 is 1.45. The van der Waals surface area contributed by atoms with Crippen molar-refractivity contribution in [3.8, 4) is 0 Å². The van der Waals surface area contributed by atoms with Crippen LogP contribution < -0.4 is 5.32 Å². The Balaban J connectivity index is 1.56. The van der Waals surface area contributed by atoms with Crippen LogP contribution in [0, 0.1) is 6.92 Å². The van der Waals surface area contributed by atoms with Crippen molar-refractivity contribution in [2.45, 2.75) is 37.2 Å². The van der Waals surface area contributed by atoms with Crippen LogP contribution in [0.5, 0.6) is 0 Å². The molecule has 0 radical (unpaired) electrons. The minimum absolute atomic E-state index is 0.0116. The zero-order chi connectivity index (χ0) is 18.4. The summed E-state index contributed by atoms with van der Waals surface area (Å²) in [6, 6.07) is 20.2. The molecule has 3 rings (SSSR count). The number of aryl methyl sites for hydroxylation is 1. The molecule has 4 nitrogen and oxygen atoms in total. The number of imidazole rings is 1. The van der Waals surface area contributed by atoms with Gasteiger partial charge in [-0.15, -0.1) is 0 Å². The standard InChI is InChI=1S/C21H23N3OS/c1-15-19(13-17-9-5-3-6-10-17)24-21(23-15)26-16(2)20(25)22-14-18-11-7-4-8-12-18/h3-12,16H,13-14H2,1-2H3,(H,22,25)(H,23,24). The monoisotopic (exact) mass is 365 g/mol. The van der Waals surface area contributed by atoms with Crippen molar-refractivity contribution in [3.63, 3.8) is 0 Å². The van der Waals surface area contributed by atoms with Gasteiger partial charge in [0.1, 0.15) is 0 Å². The maximum Gasteiger partial charge on any atom is 0.233 e. The topological polar surface area (TPSA) is 57.8 Å². The van der Waals surface area contributed by atoms with Gasteiger partial charge in [0, 0.05) is 18.7 Å². The summed E-state index contributed by atoms with van der Waals surface area (Å²) in [6.07, 6.45) is 0.790. The molecule has 1 atom stereocenters. The molecule has 0 aliphatic rings. The quantitative estimate of drug-likeness (QED) is 0.620. The molecule has 0 aliphatic carbocycles. The fraction of sp³-hybridized carbons (Fsp3) is 0.238. The van der Waals surface area contributed by atoms with E-state index in [-0.39, 0.29) is 11.2 Å². The van der Waals surface area contributed by atoms with Crippen LogP contribution in [0.3, 0.4) is 0 Å². The number of H-pyrrole nitrogens is 1. The van der Waals surface area contributed by atoms with Crippen molar-refractivity contribution >= 4 is 17.7 Å². The molecule has 0 bridgehead atoms. The number of carbonyl (C=O) groups excluding carboxylic acids is 1. The second kappa shape index (κ2) is 8.72. The summed E-state index contributed by atoms with van der Waals surface area (Å²) in [7, 11) is 0. The van der Waals surface area contributed by atoms with Gasteiger partial charge >= 0.3 is 0 Å². The lowest BCUT2D eigenvalue weighted by Crippen LogP contribution is -2.30. The Morgan fingerprint density at radius 1 is 1.08 bits per heavy atom. The van der Waals surface area contributed by atoms with Gasteiger partial charge in [0.25, 0.3) is 0 Å². The number of rotatable bonds is 7. The third-order valence-corrected chi connectivity index (χ3v) is 5.13. The minimum atomic E-state index is -0.214. The van der Waals surface area contributed by atoms with E-state index in [2.05, 4.69) is 27.4 Å². The van der Waals surface area contributed by atoms with Crippen molar-refractivity contribution < 1.29 is 4.79 Å². The fourth-order valence-corrected chi connectivity index (χ4v) is 3.53. The van der Waals surface area contributed by atoms with Crippen LogP contribution in [0.2, 0.25) is 0 Å². The number of aromatic nitrogens is 2. The van der Waals surface area contributed by atoms with Gasteiger partial charge in [-0.25, -0.2) is 4.98 Å². The van der Waals surface area contributed by atoms with Gasteiger partial charge in [-0.1, -0.05) is 72.4 Å². The predicted molar refractivity (Wildman–Crippen MR) is 106 cm³/mol. The van der Waals surface area contributed by atoms with Gasteiger partial charge < -0.3 is 10.3 Å². The molecule has 2 aromatic carbocycles. The first kappa shape index (κ1) is 18.3. The van der Waals surface area contributed by atoms with E-state index >= 15 is 0 Å². The molecule has 5 heteroatoms. The fourth-order valence-electron chi connectivity index (χ4n) is 2.63. The average molecular weight is 366 g/mol. The molecule has 0 spiro atoms. The minimum Gasteiger partial charge on any atom is -0.351 e. The molecule has 3 aromatic rings. The number of carbonyl (C=O) groups is 1. The first-order valence-electron chi connectivity index (χ1n) is 8.69. The Bertz CT molecular complexity index is 846. The molecule has 0 aliphatic heterocycles. The molecule has 134 valence electrons. The number of nitrogens with zero attached hydrogens (tertiary/aromatic N) is 1. The number of amides is 1. The van der Waals surface area contributed by atoms with Crippen LogP contribution in [-0.2, 0) is 17.8 Å². The highest BCUT2D eigenvalue weighted by Crippen LogP contribution is 2.23. The molecule has 26 heavy (non-hydrogen) atoms. The number of nitrogens with one attached hydrogen (secondary N) is 2. The lowest BCUT2D eigenvalue weighted by molar-refractivity contribution is -0.120. The van der Waals surface area contributed by atoms with E-state index in [9.17, 15) is 4.79 Å². The van der Waals surface area contributed by atoms with Crippen LogP contribution >= 0.6 is 11.8 Å². The second-order valence-electron chi connectivity index (χ2n) is 6.24. The second-order valence-corrected chi connectivity index (χ2v) is 7.57. The Hall–Kier alpha value is -2.53. The summed E-state index contributed by atoms with van der Waals surface area (Å²) in [5, 5.41) is 3.55. The maximum atomic E-state index is 12.3. The Morgan fingerprint density at radius 3 is 2.35 bits per heavy atom. The van der Waals surface area contributed by atoms with Crippen molar-refractivity contribution in [2.75, 3.05) is 0 Å². The molecule has 1 unspecified atom stereocenters. The molecule has 1 aromatic heterocycles. The van der Waals surface area contributed by atoms with E-state index in [1.165, 1.54) is 17.3 Å². The summed E-state index contributed by atoms with van der Waals surface area (Å²) < 4.78 is 0. The van der Waals surface area contributed by atoms with Gasteiger partial charge in [0.05, 0.1) is 10.9 Å². The average Bonchev–Trinajstić information content (AvgIpc) is 3.00. The first-order valence-corrected chi connectivity index (χ1v) is 9.57. The number of thioether (sulfide) groups is 1. The Labute approximate surface area is 158 Å². The molecular weight excluding hydrogens is 342 g/mol. The van der Waals surface area contributed by atoms with Crippen molar-refractivity contribution in [2.24, 2.45) is 0 Å². The van der Waals surface area contributed by atoms with Gasteiger partial charge in [-0.2, -0.15) is 0 Å². The predicted octanol–water partition coefficient (Wildman–Crippen LogP) is 4.11. The van der Waals surface area contributed by atoms with Crippen molar-refractivity contribution in [3.05, 3.63) is 83.2 Å². The number of hydrogen-bond acceptors (Lipinski definition) is 3. The third kappa shape index (κ3) is 4.99. The van der Waals surface area contributed by atoms with Crippen molar-refractivity contribution in [1.29, 1.82) is 0 Å². The van der Waals surface area contributed by atoms with Gasteiger partial charge in [-0.05, 0) is 25.0 Å². The van der Waals surface area contributed by atoms with Crippen LogP contribution in [-0.4, -0.2) is 21.1 Å². The Morgan fingerprint density at radius 2 is 1.69 bits per heavy atom. The molecule has 1 amide bonds. The molecule has 0 saturated carbocycles. The molecule has 1 heterocycles. The summed E-state index contributed by atoms with van der Waals surface area (Å²) in [5.74, 6) is 0.0116. The lowest BCUT2D eigenvalue weighted by Gasteiger charge is -2.10. The third-order valence-electron chi connectivity index (χ3n) is 4.15. The first-order chi connectivity index (χ1) is 12.6. The number of benzene rings is 2. The van der Waals surface area contributed by atoms with E-state index in [0.29, 0.717) is 6.54 Å². The highest BCUT2D eigenvalue weighted by molar-refractivity contribution is 8.00. The van der Waals surface area contributed by atoms with E-state index < -0.39 is 0 Å². The van der Waals surface area contributed by atoms with Crippen LogP contribution in [0.15, 0.2) is 65.8 Å². The summed E-state index contributed by atoms with van der Waals surface area (Å²) in [5.41, 5.74) is 4.40. The molecular formula is C21H23N3OS. The number of aromatic amines is 1. The highest BCUT2D eigenvalue weighted by atomic mass is 32.2. The van der Waals surface area contributed by atoms with E-state index in [1.807, 2.05) is 62.4 Å². The summed E-state index contributed by atoms with van der Waals surface area (Å²) in [6.45, 7) is 4.47. The summed E-state index contributed by atoms with van der Waals surface area (Å²) in [4.78, 5) is 20.3. The van der Waals surface area contributed by atoms with Gasteiger partial charge in [0.15, 0.2) is 5.16 Å². The zero-order valence-electron chi connectivity index (χ0n) is 15.0. The van der Waals surface area contributed by atoms with Gasteiger partial charge in [0.2, 0.25) is 5.91 Å². The Kier molecular flexibility index (Phi) is 6.12. The molecule has 2 N–H and O–H groups in total. The zero-order valence-corrected chi connectivity index (χ0v) is 15.8.